The Morgan fingerprint density at radius 2 is 1.77 bits per heavy atom. The van der Waals surface area contributed by atoms with Gasteiger partial charge in [-0.05, 0) is 49.2 Å². The Hall–Kier alpha value is -2.10. The number of rotatable bonds is 8. The summed E-state index contributed by atoms with van der Waals surface area (Å²) in [6, 6.07) is 11.7. The molecule has 0 atom stereocenters. The number of hydrogen-bond donors (Lipinski definition) is 0. The van der Waals surface area contributed by atoms with E-state index in [0.29, 0.717) is 18.8 Å². The zero-order valence-corrected chi connectivity index (χ0v) is 19.8. The molecule has 0 saturated carbocycles. The van der Waals surface area contributed by atoms with Crippen LogP contribution in [0.2, 0.25) is 0 Å². The number of hydrogen-bond acceptors (Lipinski definition) is 6. The van der Waals surface area contributed by atoms with Gasteiger partial charge in [0.1, 0.15) is 29.6 Å². The Labute approximate surface area is 191 Å². The van der Waals surface area contributed by atoms with Gasteiger partial charge in [0.25, 0.3) is 0 Å². The summed E-state index contributed by atoms with van der Waals surface area (Å²) in [5, 5.41) is 0. The minimum Gasteiger partial charge on any atom is -0.495 e. The van der Waals surface area contributed by atoms with Crippen molar-refractivity contribution in [3.63, 3.8) is 0 Å². The van der Waals surface area contributed by atoms with Gasteiger partial charge >= 0.3 is 5.97 Å². The molecule has 2 aromatic rings. The van der Waals surface area contributed by atoms with Crippen LogP contribution in [-0.2, 0) is 14.8 Å². The predicted molar refractivity (Wildman–Crippen MR) is 120 cm³/mol. The number of esters is 1. The Bertz CT molecular complexity index is 1000. The van der Waals surface area contributed by atoms with Crippen LogP contribution in [-0.4, -0.2) is 52.1 Å². The molecule has 2 aromatic carbocycles. The number of halogens is 1. The first kappa shape index (κ1) is 23.6. The lowest BCUT2D eigenvalue weighted by Crippen LogP contribution is -2.32. The van der Waals surface area contributed by atoms with Crippen molar-refractivity contribution < 1.29 is 27.4 Å². The normalized spacial score (nSPS) is 15.2. The second-order valence-electron chi connectivity index (χ2n) is 7.13. The third kappa shape index (κ3) is 6.21. The van der Waals surface area contributed by atoms with Gasteiger partial charge in [0, 0.05) is 17.6 Å². The molecule has 1 heterocycles. The second-order valence-corrected chi connectivity index (χ2v) is 9.95. The van der Waals surface area contributed by atoms with Crippen LogP contribution >= 0.6 is 15.9 Å². The minimum atomic E-state index is -3.78. The molecule has 0 N–H and O–H groups in total. The van der Waals surface area contributed by atoms with E-state index >= 15 is 0 Å². The molecule has 1 aliphatic heterocycles. The minimum absolute atomic E-state index is 0.0169. The van der Waals surface area contributed by atoms with Gasteiger partial charge < -0.3 is 14.2 Å². The third-order valence-corrected chi connectivity index (χ3v) is 7.38. The van der Waals surface area contributed by atoms with E-state index in [9.17, 15) is 13.2 Å². The Kier molecular flexibility index (Phi) is 8.34. The van der Waals surface area contributed by atoms with Crippen molar-refractivity contribution in [2.45, 2.75) is 30.6 Å². The summed E-state index contributed by atoms with van der Waals surface area (Å²) in [7, 11) is -2.37. The monoisotopic (exact) mass is 511 g/mol. The molecule has 168 valence electrons. The molecule has 0 aliphatic carbocycles. The average Bonchev–Trinajstić information content (AvgIpc) is 3.06. The lowest BCUT2D eigenvalue weighted by atomic mass is 10.2. The van der Waals surface area contributed by atoms with E-state index < -0.39 is 16.0 Å². The van der Waals surface area contributed by atoms with Crippen molar-refractivity contribution in [3.8, 4) is 11.5 Å². The summed E-state index contributed by atoms with van der Waals surface area (Å²) >= 11 is 3.36. The quantitative estimate of drug-likeness (QED) is 0.389. The number of carbonyl (C=O) groups is 1. The molecule has 1 fully saturated rings. The van der Waals surface area contributed by atoms with E-state index in [4.69, 9.17) is 14.2 Å². The van der Waals surface area contributed by atoms with Gasteiger partial charge in [-0.2, -0.15) is 4.31 Å². The average molecular weight is 512 g/mol. The first-order valence-electron chi connectivity index (χ1n) is 10.2. The number of benzene rings is 2. The number of carbonyl (C=O) groups excluding carboxylic acids is 1. The Balaban J connectivity index is 1.68. The summed E-state index contributed by atoms with van der Waals surface area (Å²) in [5.74, 6) is 0.243. The van der Waals surface area contributed by atoms with Gasteiger partial charge in [0.15, 0.2) is 0 Å². The Morgan fingerprint density at radius 1 is 1.03 bits per heavy atom. The maximum absolute atomic E-state index is 13.2. The van der Waals surface area contributed by atoms with Gasteiger partial charge in [-0.3, -0.25) is 0 Å². The number of methoxy groups -OCH3 is 1. The molecular formula is C22H26BrNO6S. The lowest BCUT2D eigenvalue weighted by Gasteiger charge is -2.21. The van der Waals surface area contributed by atoms with E-state index in [1.54, 1.807) is 6.07 Å². The molecule has 1 aliphatic rings. The summed E-state index contributed by atoms with van der Waals surface area (Å²) in [6.45, 7) is 1.14. The molecule has 0 spiro atoms. The molecule has 0 bridgehead atoms. The van der Waals surface area contributed by atoms with Gasteiger partial charge in [0.05, 0.1) is 12.7 Å². The third-order valence-electron chi connectivity index (χ3n) is 4.96. The number of nitrogens with zero attached hydrogens (tertiary/aromatic N) is 1. The van der Waals surface area contributed by atoms with Crippen LogP contribution in [0.15, 0.2) is 51.8 Å². The fraction of sp³-hybridized carbons (Fsp3) is 0.409. The van der Waals surface area contributed by atoms with Crippen molar-refractivity contribution in [1.29, 1.82) is 0 Å². The highest BCUT2D eigenvalue weighted by atomic mass is 79.9. The molecule has 7 nitrogen and oxygen atoms in total. The van der Waals surface area contributed by atoms with E-state index in [0.717, 1.165) is 30.2 Å². The SMILES string of the molecule is COc1ccc(C(=O)OCCOc2cccc(Br)c2)cc1S(=O)(=O)N1CCCCCC1. The van der Waals surface area contributed by atoms with Crippen LogP contribution in [0.25, 0.3) is 0 Å². The largest absolute Gasteiger partial charge is 0.495 e. The lowest BCUT2D eigenvalue weighted by molar-refractivity contribution is 0.0450. The van der Waals surface area contributed by atoms with Crippen molar-refractivity contribution in [2.75, 3.05) is 33.4 Å². The first-order chi connectivity index (χ1) is 14.9. The van der Waals surface area contributed by atoms with Crippen molar-refractivity contribution in [3.05, 3.63) is 52.5 Å². The van der Waals surface area contributed by atoms with E-state index in [-0.39, 0.29) is 29.4 Å². The molecule has 0 aromatic heterocycles. The summed E-state index contributed by atoms with van der Waals surface area (Å²) < 4.78 is 44.9. The summed E-state index contributed by atoms with van der Waals surface area (Å²) in [4.78, 5) is 12.5. The number of sulfonamides is 1. The maximum atomic E-state index is 13.2. The van der Waals surface area contributed by atoms with Crippen molar-refractivity contribution >= 4 is 31.9 Å². The van der Waals surface area contributed by atoms with Crippen LogP contribution in [0.3, 0.4) is 0 Å². The van der Waals surface area contributed by atoms with Crippen LogP contribution in [0, 0.1) is 0 Å². The molecular weight excluding hydrogens is 486 g/mol. The van der Waals surface area contributed by atoms with Gasteiger partial charge in [0.2, 0.25) is 10.0 Å². The van der Waals surface area contributed by atoms with E-state index in [1.165, 1.54) is 29.6 Å². The van der Waals surface area contributed by atoms with E-state index in [2.05, 4.69) is 15.9 Å². The second kappa shape index (κ2) is 11.0. The smallest absolute Gasteiger partial charge is 0.338 e. The highest BCUT2D eigenvalue weighted by molar-refractivity contribution is 9.10. The summed E-state index contributed by atoms with van der Waals surface area (Å²) in [5.41, 5.74) is 0.150. The van der Waals surface area contributed by atoms with Gasteiger partial charge in [-0.25, -0.2) is 13.2 Å². The molecule has 9 heteroatoms. The van der Waals surface area contributed by atoms with Crippen molar-refractivity contribution in [2.24, 2.45) is 0 Å². The Morgan fingerprint density at radius 3 is 2.45 bits per heavy atom. The maximum Gasteiger partial charge on any atom is 0.338 e. The van der Waals surface area contributed by atoms with E-state index in [1.807, 2.05) is 18.2 Å². The summed E-state index contributed by atoms with van der Waals surface area (Å²) in [6.07, 6.45) is 3.66. The molecule has 0 radical (unpaired) electrons. The van der Waals surface area contributed by atoms with Gasteiger partial charge in [-0.1, -0.05) is 34.8 Å². The van der Waals surface area contributed by atoms with Crippen LogP contribution < -0.4 is 9.47 Å². The fourth-order valence-electron chi connectivity index (χ4n) is 3.36. The van der Waals surface area contributed by atoms with Crippen molar-refractivity contribution in [1.82, 2.24) is 4.31 Å². The van der Waals surface area contributed by atoms with Crippen LogP contribution in [0.1, 0.15) is 36.0 Å². The van der Waals surface area contributed by atoms with Crippen LogP contribution in [0.4, 0.5) is 0 Å². The standard InChI is InChI=1S/C22H26BrNO6S/c1-28-20-10-9-17(15-21(20)31(26,27)24-11-4-2-3-5-12-24)22(25)30-14-13-29-19-8-6-7-18(23)16-19/h6-10,15-16H,2-5,11-14H2,1H3. The molecule has 0 amide bonds. The van der Waals surface area contributed by atoms with Crippen LogP contribution in [0.5, 0.6) is 11.5 Å². The molecule has 1 saturated heterocycles. The number of ether oxygens (including phenoxy) is 3. The van der Waals surface area contributed by atoms with Gasteiger partial charge in [-0.15, -0.1) is 0 Å². The predicted octanol–water partition coefficient (Wildman–Crippen LogP) is 4.26. The topological polar surface area (TPSA) is 82.1 Å². The highest BCUT2D eigenvalue weighted by Crippen LogP contribution is 2.29. The first-order valence-corrected chi connectivity index (χ1v) is 12.4. The fourth-order valence-corrected chi connectivity index (χ4v) is 5.44. The molecule has 0 unspecified atom stereocenters. The highest BCUT2D eigenvalue weighted by Gasteiger charge is 2.29. The molecule has 3 rings (SSSR count). The zero-order valence-electron chi connectivity index (χ0n) is 17.4. The zero-order chi connectivity index (χ0) is 22.3. The molecule has 31 heavy (non-hydrogen) atoms.